The number of aliphatic hydroxyl groups is 1. The number of nitrogens with zero attached hydrogens (tertiary/aromatic N) is 1. The number of aromatic nitrogens is 1. The highest BCUT2D eigenvalue weighted by Crippen LogP contribution is 2.30. The van der Waals surface area contributed by atoms with E-state index in [1.54, 1.807) is 23.6 Å². The zero-order valence-corrected chi connectivity index (χ0v) is 9.57. The number of thiophene rings is 1. The average molecular weight is 246 g/mol. The van der Waals surface area contributed by atoms with Gasteiger partial charge in [0.25, 0.3) is 0 Å². The van der Waals surface area contributed by atoms with Gasteiger partial charge in [0.15, 0.2) is 0 Å². The first-order valence-electron chi connectivity index (χ1n) is 4.06. The maximum atomic E-state index is 9.85. The molecule has 2 nitrogen and oxygen atoms in total. The van der Waals surface area contributed by atoms with E-state index in [1.807, 2.05) is 10.8 Å². The molecule has 14 heavy (non-hydrogen) atoms. The van der Waals surface area contributed by atoms with Crippen molar-refractivity contribution in [1.82, 2.24) is 4.98 Å². The zero-order valence-electron chi connectivity index (χ0n) is 7.18. The van der Waals surface area contributed by atoms with Gasteiger partial charge in [-0.05, 0) is 11.4 Å². The largest absolute Gasteiger partial charge is 0.387 e. The molecule has 1 N–H and O–H groups in total. The van der Waals surface area contributed by atoms with Gasteiger partial charge < -0.3 is 5.11 Å². The number of aliphatic hydroxyl groups excluding tert-OH is 1. The molecule has 0 aliphatic rings. The second-order valence-corrected chi connectivity index (χ2v) is 5.11. The highest BCUT2D eigenvalue weighted by Gasteiger charge is 2.14. The Morgan fingerprint density at radius 3 is 2.86 bits per heavy atom. The van der Waals surface area contributed by atoms with Crippen molar-refractivity contribution in [3.63, 3.8) is 0 Å². The molecule has 1 unspecified atom stereocenters. The van der Waals surface area contributed by atoms with Gasteiger partial charge in [0, 0.05) is 18.0 Å². The molecule has 0 bridgehead atoms. The summed E-state index contributed by atoms with van der Waals surface area (Å²) in [7, 11) is 0. The summed E-state index contributed by atoms with van der Waals surface area (Å²) in [5.41, 5.74) is 0. The molecule has 0 radical (unpaired) electrons. The smallest absolute Gasteiger partial charge is 0.0960 e. The van der Waals surface area contributed by atoms with Crippen molar-refractivity contribution in [2.24, 2.45) is 0 Å². The quantitative estimate of drug-likeness (QED) is 0.901. The molecule has 0 aliphatic carbocycles. The SMILES string of the molecule is OC(Cc1nccs1)c1sccc1Cl. The molecule has 2 aromatic heterocycles. The first kappa shape index (κ1) is 10.1. The van der Waals surface area contributed by atoms with Crippen molar-refractivity contribution >= 4 is 34.3 Å². The molecule has 2 rings (SSSR count). The van der Waals surface area contributed by atoms with Gasteiger partial charge in [0.05, 0.1) is 21.0 Å². The van der Waals surface area contributed by atoms with Gasteiger partial charge in [-0.25, -0.2) is 4.98 Å². The first-order valence-corrected chi connectivity index (χ1v) is 6.20. The molecule has 2 aromatic rings. The summed E-state index contributed by atoms with van der Waals surface area (Å²) in [6.07, 6.45) is 1.74. The molecule has 0 fully saturated rings. The van der Waals surface area contributed by atoms with Gasteiger partial charge in [-0.3, -0.25) is 0 Å². The standard InChI is InChI=1S/C9H8ClNOS2/c10-6-1-3-14-9(6)7(12)5-8-11-2-4-13-8/h1-4,7,12H,5H2. The minimum absolute atomic E-state index is 0.534. The minimum atomic E-state index is -0.534. The number of rotatable bonds is 3. The summed E-state index contributed by atoms with van der Waals surface area (Å²) in [5.74, 6) is 0. The Morgan fingerprint density at radius 2 is 2.29 bits per heavy atom. The molecule has 5 heteroatoms. The molecule has 0 spiro atoms. The molecular weight excluding hydrogens is 238 g/mol. The predicted octanol–water partition coefficient (Wildman–Crippen LogP) is 3.13. The van der Waals surface area contributed by atoms with Gasteiger partial charge in [-0.2, -0.15) is 0 Å². The summed E-state index contributed by atoms with van der Waals surface area (Å²) < 4.78 is 0. The third-order valence-electron chi connectivity index (χ3n) is 1.80. The molecule has 1 atom stereocenters. The van der Waals surface area contributed by atoms with Gasteiger partial charge in [-0.15, -0.1) is 22.7 Å². The van der Waals surface area contributed by atoms with Crippen LogP contribution in [0.4, 0.5) is 0 Å². The third kappa shape index (κ3) is 2.15. The maximum absolute atomic E-state index is 9.85. The van der Waals surface area contributed by atoms with E-state index in [-0.39, 0.29) is 0 Å². The molecule has 0 aliphatic heterocycles. The van der Waals surface area contributed by atoms with Gasteiger partial charge in [-0.1, -0.05) is 11.6 Å². The summed E-state index contributed by atoms with van der Waals surface area (Å²) in [6, 6.07) is 1.80. The monoisotopic (exact) mass is 245 g/mol. The van der Waals surface area contributed by atoms with Crippen LogP contribution in [-0.2, 0) is 6.42 Å². The molecule has 74 valence electrons. The lowest BCUT2D eigenvalue weighted by Gasteiger charge is -2.06. The number of hydrogen-bond donors (Lipinski definition) is 1. The molecular formula is C9H8ClNOS2. The van der Waals surface area contributed by atoms with E-state index in [2.05, 4.69) is 4.98 Å². The Labute approximate surface area is 94.8 Å². The lowest BCUT2D eigenvalue weighted by molar-refractivity contribution is 0.182. The Kier molecular flexibility index (Phi) is 3.18. The summed E-state index contributed by atoms with van der Waals surface area (Å²) in [4.78, 5) is 4.94. The van der Waals surface area contributed by atoms with Crippen molar-refractivity contribution in [3.05, 3.63) is 37.9 Å². The second-order valence-electron chi connectivity index (χ2n) is 2.78. The molecule has 0 amide bonds. The van der Waals surface area contributed by atoms with Gasteiger partial charge >= 0.3 is 0 Å². The van der Waals surface area contributed by atoms with Crippen molar-refractivity contribution in [2.75, 3.05) is 0 Å². The number of thiazole rings is 1. The van der Waals surface area contributed by atoms with Crippen LogP contribution in [0.2, 0.25) is 5.02 Å². The van der Waals surface area contributed by atoms with Crippen molar-refractivity contribution in [2.45, 2.75) is 12.5 Å². The Hall–Kier alpha value is -0.420. The van der Waals surface area contributed by atoms with E-state index in [0.717, 1.165) is 9.88 Å². The summed E-state index contributed by atoms with van der Waals surface area (Å²) in [5, 5.41) is 15.2. The molecule has 0 saturated heterocycles. The van der Waals surface area contributed by atoms with E-state index >= 15 is 0 Å². The fourth-order valence-corrected chi connectivity index (χ4v) is 2.98. The zero-order chi connectivity index (χ0) is 9.97. The van der Waals surface area contributed by atoms with Crippen LogP contribution >= 0.6 is 34.3 Å². The van der Waals surface area contributed by atoms with E-state index in [1.165, 1.54) is 11.3 Å². The van der Waals surface area contributed by atoms with Crippen molar-refractivity contribution in [1.29, 1.82) is 0 Å². The van der Waals surface area contributed by atoms with Gasteiger partial charge in [0.1, 0.15) is 0 Å². The van der Waals surface area contributed by atoms with E-state index in [0.29, 0.717) is 11.4 Å². The van der Waals surface area contributed by atoms with E-state index in [4.69, 9.17) is 11.6 Å². The normalized spacial score (nSPS) is 13.0. The van der Waals surface area contributed by atoms with Crippen LogP contribution in [0.3, 0.4) is 0 Å². The van der Waals surface area contributed by atoms with Crippen LogP contribution in [-0.4, -0.2) is 10.1 Å². The molecule has 2 heterocycles. The third-order valence-corrected chi connectivity index (χ3v) is 4.06. The fourth-order valence-electron chi connectivity index (χ4n) is 1.16. The topological polar surface area (TPSA) is 33.1 Å². The average Bonchev–Trinajstić information content (AvgIpc) is 2.75. The van der Waals surface area contributed by atoms with Gasteiger partial charge in [0.2, 0.25) is 0 Å². The van der Waals surface area contributed by atoms with Crippen LogP contribution in [0, 0.1) is 0 Å². The Morgan fingerprint density at radius 1 is 1.43 bits per heavy atom. The van der Waals surface area contributed by atoms with Crippen LogP contribution in [0.25, 0.3) is 0 Å². The van der Waals surface area contributed by atoms with Crippen molar-refractivity contribution < 1.29 is 5.11 Å². The predicted molar refractivity (Wildman–Crippen MR) is 60.1 cm³/mol. The fraction of sp³-hybridized carbons (Fsp3) is 0.222. The lowest BCUT2D eigenvalue weighted by Crippen LogP contribution is -1.99. The highest BCUT2D eigenvalue weighted by atomic mass is 35.5. The Balaban J connectivity index is 2.10. The number of hydrogen-bond acceptors (Lipinski definition) is 4. The molecule has 0 saturated carbocycles. The van der Waals surface area contributed by atoms with Crippen LogP contribution in [0.15, 0.2) is 23.0 Å². The summed E-state index contributed by atoms with van der Waals surface area (Å²) in [6.45, 7) is 0. The van der Waals surface area contributed by atoms with E-state index < -0.39 is 6.10 Å². The first-order chi connectivity index (χ1) is 6.77. The minimum Gasteiger partial charge on any atom is -0.387 e. The van der Waals surface area contributed by atoms with E-state index in [9.17, 15) is 5.11 Å². The van der Waals surface area contributed by atoms with Crippen LogP contribution in [0.1, 0.15) is 16.0 Å². The highest BCUT2D eigenvalue weighted by molar-refractivity contribution is 7.10. The Bertz CT molecular complexity index is 399. The van der Waals surface area contributed by atoms with Crippen LogP contribution in [0.5, 0.6) is 0 Å². The second kappa shape index (κ2) is 4.40. The summed E-state index contributed by atoms with van der Waals surface area (Å²) >= 11 is 8.93. The lowest BCUT2D eigenvalue weighted by atomic mass is 10.2. The van der Waals surface area contributed by atoms with Crippen molar-refractivity contribution in [3.8, 4) is 0 Å². The maximum Gasteiger partial charge on any atom is 0.0960 e. The van der Waals surface area contributed by atoms with Crippen LogP contribution < -0.4 is 0 Å². The number of halogens is 1. The molecule has 0 aromatic carbocycles.